The van der Waals surface area contributed by atoms with Crippen LogP contribution >= 0.6 is 46.4 Å². The number of nitrogens with one attached hydrogen (secondary N) is 1. The molecule has 172 valence electrons. The second-order valence-corrected chi connectivity index (χ2v) is 9.16. The van der Waals surface area contributed by atoms with Crippen molar-refractivity contribution in [2.75, 3.05) is 7.05 Å². The zero-order valence-corrected chi connectivity index (χ0v) is 20.8. The molecule has 0 saturated carbocycles. The average molecular weight is 524 g/mol. The van der Waals surface area contributed by atoms with Crippen molar-refractivity contribution < 1.29 is 9.59 Å². The lowest BCUT2D eigenvalue weighted by Gasteiger charge is -2.31. The Balaban J connectivity index is 1.97. The number of amides is 2. The van der Waals surface area contributed by atoms with Gasteiger partial charge in [0.25, 0.3) is 0 Å². The number of likely N-dealkylation sites (N-methyl/N-ethyl adjacent to an activating group) is 1. The highest BCUT2D eigenvalue weighted by Gasteiger charge is 2.30. The zero-order valence-electron chi connectivity index (χ0n) is 17.8. The summed E-state index contributed by atoms with van der Waals surface area (Å²) in [5.41, 5.74) is 2.31. The van der Waals surface area contributed by atoms with Crippen LogP contribution in [-0.2, 0) is 29.0 Å². The van der Waals surface area contributed by atoms with E-state index in [1.165, 1.54) is 0 Å². The Labute approximate surface area is 213 Å². The first-order chi connectivity index (χ1) is 15.8. The summed E-state index contributed by atoms with van der Waals surface area (Å²) in [6.45, 7) is 0.172. The molecule has 2 amide bonds. The van der Waals surface area contributed by atoms with Crippen LogP contribution in [0.3, 0.4) is 0 Å². The first kappa shape index (κ1) is 25.4. The van der Waals surface area contributed by atoms with Crippen molar-refractivity contribution in [3.63, 3.8) is 0 Å². The van der Waals surface area contributed by atoms with Crippen LogP contribution in [0.4, 0.5) is 0 Å². The molecular weight excluding hydrogens is 502 g/mol. The molecule has 0 aliphatic carbocycles. The molecule has 0 radical (unpaired) electrons. The van der Waals surface area contributed by atoms with Gasteiger partial charge < -0.3 is 10.2 Å². The molecule has 3 rings (SSSR count). The molecular formula is C25H22Cl4N2O2. The van der Waals surface area contributed by atoms with E-state index >= 15 is 0 Å². The Morgan fingerprint density at radius 2 is 1.58 bits per heavy atom. The van der Waals surface area contributed by atoms with Gasteiger partial charge in [-0.1, -0.05) is 88.9 Å². The Morgan fingerprint density at radius 3 is 2.21 bits per heavy atom. The van der Waals surface area contributed by atoms with Crippen molar-refractivity contribution in [1.82, 2.24) is 10.2 Å². The third-order valence-electron chi connectivity index (χ3n) is 5.21. The van der Waals surface area contributed by atoms with Crippen LogP contribution in [0.1, 0.15) is 16.7 Å². The molecule has 33 heavy (non-hydrogen) atoms. The fourth-order valence-electron chi connectivity index (χ4n) is 3.48. The van der Waals surface area contributed by atoms with E-state index in [4.69, 9.17) is 46.4 Å². The van der Waals surface area contributed by atoms with Crippen molar-refractivity contribution in [2.24, 2.45) is 0 Å². The molecule has 0 heterocycles. The van der Waals surface area contributed by atoms with E-state index in [1.54, 1.807) is 48.3 Å². The van der Waals surface area contributed by atoms with Gasteiger partial charge in [-0.05, 0) is 41.0 Å². The van der Waals surface area contributed by atoms with Crippen molar-refractivity contribution in [2.45, 2.75) is 25.4 Å². The van der Waals surface area contributed by atoms with Crippen LogP contribution in [0, 0.1) is 0 Å². The molecule has 0 saturated heterocycles. The van der Waals surface area contributed by atoms with E-state index in [0.717, 1.165) is 11.1 Å². The zero-order chi connectivity index (χ0) is 24.0. The van der Waals surface area contributed by atoms with E-state index in [0.29, 0.717) is 32.1 Å². The van der Waals surface area contributed by atoms with Crippen LogP contribution in [0.15, 0.2) is 66.7 Å². The quantitative estimate of drug-likeness (QED) is 0.380. The molecule has 3 aromatic carbocycles. The number of halogens is 4. The van der Waals surface area contributed by atoms with E-state index in [9.17, 15) is 9.59 Å². The predicted octanol–water partition coefficient (Wildman–Crippen LogP) is 6.23. The van der Waals surface area contributed by atoms with Crippen molar-refractivity contribution in [3.8, 4) is 0 Å². The number of hydrogen-bond donors (Lipinski definition) is 1. The van der Waals surface area contributed by atoms with Gasteiger partial charge in [0, 0.05) is 30.1 Å². The minimum Gasteiger partial charge on any atom is -0.357 e. The van der Waals surface area contributed by atoms with Crippen molar-refractivity contribution in [3.05, 3.63) is 104 Å². The Kier molecular flexibility index (Phi) is 9.04. The lowest BCUT2D eigenvalue weighted by atomic mass is 10.0. The molecule has 0 unspecified atom stereocenters. The van der Waals surface area contributed by atoms with Gasteiger partial charge in [-0.3, -0.25) is 9.59 Å². The maximum absolute atomic E-state index is 13.6. The predicted molar refractivity (Wildman–Crippen MR) is 135 cm³/mol. The molecule has 0 spiro atoms. The second kappa shape index (κ2) is 11.8. The standard InChI is InChI=1S/C25H22Cl4N2O2/c1-30-25(33)23(12-16-5-3-2-4-6-16)31(15-17-7-10-20(27)22(29)11-17)24(32)13-18-8-9-19(26)14-21(18)28/h2-11,14,23H,12-13,15H2,1H3,(H,30,33)/t23-/m0/s1. The summed E-state index contributed by atoms with van der Waals surface area (Å²) in [4.78, 5) is 28.0. The molecule has 4 nitrogen and oxygen atoms in total. The van der Waals surface area contributed by atoms with Gasteiger partial charge in [-0.2, -0.15) is 0 Å². The maximum atomic E-state index is 13.6. The fraction of sp³-hybridized carbons (Fsp3) is 0.200. The second-order valence-electron chi connectivity index (χ2n) is 7.50. The highest BCUT2D eigenvalue weighted by Crippen LogP contribution is 2.26. The van der Waals surface area contributed by atoms with Crippen LogP contribution in [-0.4, -0.2) is 29.8 Å². The number of carbonyl (C=O) groups excluding carboxylic acids is 2. The summed E-state index contributed by atoms with van der Waals surface area (Å²) >= 11 is 24.6. The Bertz CT molecular complexity index is 1140. The van der Waals surface area contributed by atoms with Gasteiger partial charge in [0.15, 0.2) is 0 Å². The summed E-state index contributed by atoms with van der Waals surface area (Å²) in [6.07, 6.45) is 0.363. The number of hydrogen-bond acceptors (Lipinski definition) is 2. The van der Waals surface area contributed by atoms with E-state index in [-0.39, 0.29) is 24.8 Å². The summed E-state index contributed by atoms with van der Waals surface area (Å²) in [5.74, 6) is -0.524. The van der Waals surface area contributed by atoms with Gasteiger partial charge >= 0.3 is 0 Å². The topological polar surface area (TPSA) is 49.4 Å². The lowest BCUT2D eigenvalue weighted by Crippen LogP contribution is -2.50. The van der Waals surface area contributed by atoms with Gasteiger partial charge in [0.2, 0.25) is 11.8 Å². The van der Waals surface area contributed by atoms with Crippen molar-refractivity contribution >= 4 is 58.2 Å². The van der Waals surface area contributed by atoms with E-state index in [1.807, 2.05) is 30.3 Å². The largest absolute Gasteiger partial charge is 0.357 e. The number of carbonyl (C=O) groups is 2. The minimum absolute atomic E-state index is 0.0135. The number of nitrogens with zero attached hydrogens (tertiary/aromatic N) is 1. The smallest absolute Gasteiger partial charge is 0.242 e. The van der Waals surface area contributed by atoms with E-state index < -0.39 is 6.04 Å². The monoisotopic (exact) mass is 522 g/mol. The number of benzene rings is 3. The minimum atomic E-state index is -0.745. The van der Waals surface area contributed by atoms with Crippen LogP contribution < -0.4 is 5.32 Å². The van der Waals surface area contributed by atoms with Crippen LogP contribution in [0.25, 0.3) is 0 Å². The molecule has 1 atom stereocenters. The van der Waals surface area contributed by atoms with Gasteiger partial charge in [0.1, 0.15) is 6.04 Å². The molecule has 8 heteroatoms. The van der Waals surface area contributed by atoms with E-state index in [2.05, 4.69) is 5.32 Å². The molecule has 0 bridgehead atoms. The van der Waals surface area contributed by atoms with Gasteiger partial charge in [-0.15, -0.1) is 0 Å². The number of rotatable bonds is 8. The highest BCUT2D eigenvalue weighted by molar-refractivity contribution is 6.42. The highest BCUT2D eigenvalue weighted by atomic mass is 35.5. The Hall–Kier alpha value is -2.24. The molecule has 1 N–H and O–H groups in total. The molecule has 0 aliphatic rings. The normalized spacial score (nSPS) is 11.7. The molecule has 0 fully saturated rings. The summed E-state index contributed by atoms with van der Waals surface area (Å²) in [7, 11) is 1.55. The average Bonchev–Trinajstić information content (AvgIpc) is 2.80. The third-order valence-corrected chi connectivity index (χ3v) is 6.54. The van der Waals surface area contributed by atoms with Gasteiger partial charge in [0.05, 0.1) is 16.5 Å². The summed E-state index contributed by atoms with van der Waals surface area (Å²) in [6, 6.07) is 18.9. The summed E-state index contributed by atoms with van der Waals surface area (Å²) < 4.78 is 0. The SMILES string of the molecule is CNC(=O)[C@H](Cc1ccccc1)N(Cc1ccc(Cl)c(Cl)c1)C(=O)Cc1ccc(Cl)cc1Cl. The summed E-state index contributed by atoms with van der Waals surface area (Å²) in [5, 5.41) is 4.35. The molecule has 3 aromatic rings. The van der Waals surface area contributed by atoms with Crippen molar-refractivity contribution in [1.29, 1.82) is 0 Å². The first-order valence-corrected chi connectivity index (χ1v) is 11.7. The molecule has 0 aliphatic heterocycles. The first-order valence-electron chi connectivity index (χ1n) is 10.2. The molecule has 0 aromatic heterocycles. The maximum Gasteiger partial charge on any atom is 0.242 e. The van der Waals surface area contributed by atoms with Gasteiger partial charge in [-0.25, -0.2) is 0 Å². The fourth-order valence-corrected chi connectivity index (χ4v) is 4.28. The Morgan fingerprint density at radius 1 is 0.848 bits per heavy atom. The lowest BCUT2D eigenvalue weighted by molar-refractivity contribution is -0.140. The third kappa shape index (κ3) is 6.87. The van der Waals surface area contributed by atoms with Crippen LogP contribution in [0.2, 0.25) is 20.1 Å². The van der Waals surface area contributed by atoms with Crippen LogP contribution in [0.5, 0.6) is 0 Å².